The fraction of sp³-hybridized carbons (Fsp3) is 0.118. The van der Waals surface area contributed by atoms with Crippen LogP contribution in [-0.2, 0) is 0 Å². The van der Waals surface area contributed by atoms with E-state index in [1.54, 1.807) is 17.4 Å². The molecule has 0 fully saturated rings. The molecule has 116 valence electrons. The van der Waals surface area contributed by atoms with Gasteiger partial charge in [-0.2, -0.15) is 10.2 Å². The third kappa shape index (κ3) is 3.54. The van der Waals surface area contributed by atoms with Gasteiger partial charge < -0.3 is 0 Å². The minimum atomic E-state index is -0.337. The van der Waals surface area contributed by atoms with Crippen LogP contribution in [0.2, 0.25) is 0 Å². The largest absolute Gasteiger partial charge is 0.291 e. The SMILES string of the molecule is C/C(=N/NC(=O)c1cc(-c2cccs2)[nH]n1)c1ccc(C)cc1. The van der Waals surface area contributed by atoms with Gasteiger partial charge in [0.05, 0.1) is 16.3 Å². The van der Waals surface area contributed by atoms with Gasteiger partial charge >= 0.3 is 0 Å². The lowest BCUT2D eigenvalue weighted by atomic mass is 10.1. The number of carbonyl (C=O) groups excluding carboxylic acids is 1. The summed E-state index contributed by atoms with van der Waals surface area (Å²) < 4.78 is 0. The topological polar surface area (TPSA) is 70.1 Å². The first kappa shape index (κ1) is 15.2. The summed E-state index contributed by atoms with van der Waals surface area (Å²) in [5.41, 5.74) is 6.57. The highest BCUT2D eigenvalue weighted by Gasteiger charge is 2.11. The van der Waals surface area contributed by atoms with Crippen molar-refractivity contribution >= 4 is 23.0 Å². The number of nitrogens with zero attached hydrogens (tertiary/aromatic N) is 2. The summed E-state index contributed by atoms with van der Waals surface area (Å²) in [4.78, 5) is 13.2. The third-order valence-corrected chi connectivity index (χ3v) is 4.29. The third-order valence-electron chi connectivity index (χ3n) is 3.39. The zero-order valence-electron chi connectivity index (χ0n) is 12.8. The summed E-state index contributed by atoms with van der Waals surface area (Å²) in [6.07, 6.45) is 0. The molecular weight excluding hydrogens is 308 g/mol. The van der Waals surface area contributed by atoms with E-state index in [0.29, 0.717) is 5.69 Å². The van der Waals surface area contributed by atoms with Crippen LogP contribution >= 0.6 is 11.3 Å². The van der Waals surface area contributed by atoms with E-state index in [1.165, 1.54) is 5.56 Å². The molecule has 3 aromatic rings. The van der Waals surface area contributed by atoms with Crippen LogP contribution < -0.4 is 5.43 Å². The van der Waals surface area contributed by atoms with E-state index in [1.807, 2.05) is 55.6 Å². The molecule has 0 atom stereocenters. The van der Waals surface area contributed by atoms with Gasteiger partial charge in [0.1, 0.15) is 0 Å². The highest BCUT2D eigenvalue weighted by atomic mass is 32.1. The minimum absolute atomic E-state index is 0.314. The summed E-state index contributed by atoms with van der Waals surface area (Å²) in [6.45, 7) is 3.88. The normalized spacial score (nSPS) is 11.5. The van der Waals surface area contributed by atoms with Crippen molar-refractivity contribution in [2.75, 3.05) is 0 Å². The van der Waals surface area contributed by atoms with Crippen LogP contribution in [0, 0.1) is 6.92 Å². The first-order valence-corrected chi connectivity index (χ1v) is 8.02. The second kappa shape index (κ2) is 6.58. The summed E-state index contributed by atoms with van der Waals surface area (Å²) in [7, 11) is 0. The molecule has 0 aliphatic carbocycles. The number of H-pyrrole nitrogens is 1. The molecule has 0 radical (unpaired) electrons. The van der Waals surface area contributed by atoms with Crippen LogP contribution in [0.3, 0.4) is 0 Å². The lowest BCUT2D eigenvalue weighted by Crippen LogP contribution is -2.19. The second-order valence-electron chi connectivity index (χ2n) is 5.15. The van der Waals surface area contributed by atoms with Gasteiger partial charge in [0.2, 0.25) is 0 Å². The van der Waals surface area contributed by atoms with Crippen molar-refractivity contribution in [3.05, 3.63) is 64.7 Å². The zero-order valence-corrected chi connectivity index (χ0v) is 13.6. The molecule has 0 bridgehead atoms. The lowest BCUT2D eigenvalue weighted by molar-refractivity contribution is 0.0950. The van der Waals surface area contributed by atoms with Crippen molar-refractivity contribution in [1.29, 1.82) is 0 Å². The quantitative estimate of drug-likeness (QED) is 0.568. The van der Waals surface area contributed by atoms with Gasteiger partial charge in [-0.3, -0.25) is 9.89 Å². The highest BCUT2D eigenvalue weighted by molar-refractivity contribution is 7.13. The molecule has 1 aromatic carbocycles. The fourth-order valence-electron chi connectivity index (χ4n) is 2.05. The Balaban J connectivity index is 1.69. The first-order valence-electron chi connectivity index (χ1n) is 7.14. The predicted molar refractivity (Wildman–Crippen MR) is 92.8 cm³/mol. The number of carbonyl (C=O) groups is 1. The maximum Gasteiger partial charge on any atom is 0.291 e. The van der Waals surface area contributed by atoms with Gasteiger partial charge in [-0.05, 0) is 36.9 Å². The number of benzene rings is 1. The molecule has 0 unspecified atom stereocenters. The predicted octanol–water partition coefficient (Wildman–Crippen LogP) is 3.60. The van der Waals surface area contributed by atoms with E-state index in [4.69, 9.17) is 0 Å². The molecule has 3 rings (SSSR count). The molecular formula is C17H16N4OS. The Bertz CT molecular complexity index is 832. The standard InChI is InChI=1S/C17H16N4OS/c1-11-5-7-13(8-6-11)12(2)18-21-17(22)15-10-14(19-20-15)16-4-3-9-23-16/h3-10H,1-2H3,(H,19,20)(H,21,22)/b18-12-. The number of amides is 1. The Labute approximate surface area is 138 Å². The van der Waals surface area contributed by atoms with Crippen LogP contribution in [0.1, 0.15) is 28.5 Å². The Morgan fingerprint density at radius 1 is 1.26 bits per heavy atom. The van der Waals surface area contributed by atoms with Gasteiger partial charge in [0, 0.05) is 0 Å². The lowest BCUT2D eigenvalue weighted by Gasteiger charge is -2.02. The van der Waals surface area contributed by atoms with Crippen LogP contribution in [0.25, 0.3) is 10.6 Å². The van der Waals surface area contributed by atoms with Gasteiger partial charge in [-0.15, -0.1) is 11.3 Å². The molecule has 5 nitrogen and oxygen atoms in total. The maximum atomic E-state index is 12.1. The Morgan fingerprint density at radius 2 is 2.04 bits per heavy atom. The van der Waals surface area contributed by atoms with Crippen molar-refractivity contribution in [2.45, 2.75) is 13.8 Å². The Hall–Kier alpha value is -2.73. The number of rotatable bonds is 4. The zero-order chi connectivity index (χ0) is 16.2. The first-order chi connectivity index (χ1) is 11.1. The van der Waals surface area contributed by atoms with Crippen LogP contribution in [0.15, 0.2) is 52.9 Å². The van der Waals surface area contributed by atoms with Gasteiger partial charge in [-0.25, -0.2) is 5.43 Å². The number of aromatic amines is 1. The number of aryl methyl sites for hydroxylation is 1. The molecule has 1 amide bonds. The number of thiophene rings is 1. The van der Waals surface area contributed by atoms with Gasteiger partial charge in [0.25, 0.3) is 5.91 Å². The molecule has 0 saturated heterocycles. The van der Waals surface area contributed by atoms with Gasteiger partial charge in [-0.1, -0.05) is 35.9 Å². The minimum Gasteiger partial charge on any atom is -0.276 e. The molecule has 23 heavy (non-hydrogen) atoms. The molecule has 2 N–H and O–H groups in total. The monoisotopic (exact) mass is 324 g/mol. The molecule has 0 aliphatic rings. The number of hydrogen-bond donors (Lipinski definition) is 2. The van der Waals surface area contributed by atoms with E-state index >= 15 is 0 Å². The molecule has 0 spiro atoms. The van der Waals surface area contributed by atoms with Crippen molar-refractivity contribution in [2.24, 2.45) is 5.10 Å². The number of hydrazone groups is 1. The van der Waals surface area contributed by atoms with Crippen molar-refractivity contribution in [3.63, 3.8) is 0 Å². The highest BCUT2D eigenvalue weighted by Crippen LogP contribution is 2.22. The van der Waals surface area contributed by atoms with E-state index in [-0.39, 0.29) is 5.91 Å². The number of aromatic nitrogens is 2. The second-order valence-corrected chi connectivity index (χ2v) is 6.10. The summed E-state index contributed by atoms with van der Waals surface area (Å²) >= 11 is 1.59. The summed E-state index contributed by atoms with van der Waals surface area (Å²) in [5, 5.41) is 13.0. The van der Waals surface area contributed by atoms with Crippen LogP contribution in [-0.4, -0.2) is 21.8 Å². The molecule has 0 aliphatic heterocycles. The van der Waals surface area contributed by atoms with E-state index in [0.717, 1.165) is 21.8 Å². The number of hydrogen-bond acceptors (Lipinski definition) is 4. The van der Waals surface area contributed by atoms with Crippen molar-refractivity contribution < 1.29 is 4.79 Å². The van der Waals surface area contributed by atoms with E-state index in [9.17, 15) is 4.79 Å². The van der Waals surface area contributed by atoms with E-state index in [2.05, 4.69) is 20.7 Å². The van der Waals surface area contributed by atoms with Gasteiger partial charge in [0.15, 0.2) is 5.69 Å². The summed E-state index contributed by atoms with van der Waals surface area (Å²) in [5.74, 6) is -0.337. The molecule has 6 heteroatoms. The molecule has 0 saturated carbocycles. The number of nitrogens with one attached hydrogen (secondary N) is 2. The van der Waals surface area contributed by atoms with Crippen molar-refractivity contribution in [3.8, 4) is 10.6 Å². The van der Waals surface area contributed by atoms with Crippen LogP contribution in [0.4, 0.5) is 0 Å². The Morgan fingerprint density at radius 3 is 2.74 bits per heavy atom. The maximum absolute atomic E-state index is 12.1. The van der Waals surface area contributed by atoms with E-state index < -0.39 is 0 Å². The average Bonchev–Trinajstić information content (AvgIpc) is 3.23. The fourth-order valence-corrected chi connectivity index (χ4v) is 2.74. The summed E-state index contributed by atoms with van der Waals surface area (Å²) in [6, 6.07) is 13.6. The average molecular weight is 324 g/mol. The molecule has 2 heterocycles. The van der Waals surface area contributed by atoms with Crippen LogP contribution in [0.5, 0.6) is 0 Å². The molecule has 2 aromatic heterocycles. The smallest absolute Gasteiger partial charge is 0.276 e. The Kier molecular flexibility index (Phi) is 4.34. The van der Waals surface area contributed by atoms with Crippen molar-refractivity contribution in [1.82, 2.24) is 15.6 Å².